The van der Waals surface area contributed by atoms with E-state index in [1.165, 1.54) is 0 Å². The Labute approximate surface area is 167 Å². The first-order valence-electron chi connectivity index (χ1n) is 9.28. The molecule has 0 heterocycles. The minimum Gasteiger partial charge on any atom is -0.383 e. The molecular weight excluding hydrogens is 376 g/mol. The average Bonchev–Trinajstić information content (AvgIpc) is 2.64. The predicted molar refractivity (Wildman–Crippen MR) is 110 cm³/mol. The number of carbonyl (C=O) groups excluding carboxylic acids is 1. The summed E-state index contributed by atoms with van der Waals surface area (Å²) >= 11 is 0. The molecule has 7 heteroatoms. The van der Waals surface area contributed by atoms with E-state index >= 15 is 0 Å². The lowest BCUT2D eigenvalue weighted by atomic mass is 10.1. The third-order valence-corrected chi connectivity index (χ3v) is 4.59. The average molecular weight is 405 g/mol. The van der Waals surface area contributed by atoms with E-state index in [1.54, 1.807) is 29.2 Å². The van der Waals surface area contributed by atoms with Gasteiger partial charge in [0.1, 0.15) is 5.75 Å². The first-order valence-corrected chi connectivity index (χ1v) is 11.1. The minimum absolute atomic E-state index is 0.124. The van der Waals surface area contributed by atoms with Gasteiger partial charge in [0.05, 0.1) is 6.26 Å². The van der Waals surface area contributed by atoms with Crippen LogP contribution >= 0.6 is 0 Å². The molecule has 0 atom stereocenters. The second kappa shape index (κ2) is 10.1. The van der Waals surface area contributed by atoms with Crippen LogP contribution in [0.3, 0.4) is 0 Å². The molecule has 0 aromatic heterocycles. The number of amides is 2. The van der Waals surface area contributed by atoms with Gasteiger partial charge in [-0.05, 0) is 35.6 Å². The third-order valence-electron chi connectivity index (χ3n) is 4.09. The number of urea groups is 1. The molecule has 0 fully saturated rings. The molecule has 152 valence electrons. The monoisotopic (exact) mass is 404 g/mol. The Balaban J connectivity index is 2.02. The first-order chi connectivity index (χ1) is 13.2. The highest BCUT2D eigenvalue weighted by molar-refractivity contribution is 7.86. The van der Waals surface area contributed by atoms with Crippen molar-refractivity contribution in [2.75, 3.05) is 12.8 Å². The number of nitrogens with zero attached hydrogens (tertiary/aromatic N) is 1. The Morgan fingerprint density at radius 1 is 1.04 bits per heavy atom. The van der Waals surface area contributed by atoms with E-state index in [0.717, 1.165) is 23.8 Å². The maximum absolute atomic E-state index is 12.7. The SMILES string of the molecule is CC(C)CCN(Cc1ccc(OS(C)(=O)=O)cc1)C(=O)NCc1ccccc1. The molecular formula is C21H28N2O4S. The summed E-state index contributed by atoms with van der Waals surface area (Å²) in [5, 5.41) is 2.97. The second-order valence-electron chi connectivity index (χ2n) is 7.18. The molecule has 1 N–H and O–H groups in total. The highest BCUT2D eigenvalue weighted by Gasteiger charge is 2.15. The van der Waals surface area contributed by atoms with Crippen LogP contribution in [0.15, 0.2) is 54.6 Å². The molecule has 0 bridgehead atoms. The van der Waals surface area contributed by atoms with Gasteiger partial charge in [0.2, 0.25) is 0 Å². The van der Waals surface area contributed by atoms with Crippen LogP contribution < -0.4 is 9.50 Å². The van der Waals surface area contributed by atoms with Gasteiger partial charge < -0.3 is 14.4 Å². The predicted octanol–water partition coefficient (Wildman–Crippen LogP) is 3.78. The maximum Gasteiger partial charge on any atom is 0.317 e. The van der Waals surface area contributed by atoms with Crippen LogP contribution in [0.4, 0.5) is 4.79 Å². The van der Waals surface area contributed by atoms with Crippen molar-refractivity contribution in [1.29, 1.82) is 0 Å². The van der Waals surface area contributed by atoms with Gasteiger partial charge in [-0.2, -0.15) is 8.42 Å². The fourth-order valence-electron chi connectivity index (χ4n) is 2.60. The zero-order valence-corrected chi connectivity index (χ0v) is 17.4. The van der Waals surface area contributed by atoms with E-state index < -0.39 is 10.1 Å². The quantitative estimate of drug-likeness (QED) is 0.645. The molecule has 0 unspecified atom stereocenters. The van der Waals surface area contributed by atoms with E-state index in [4.69, 9.17) is 4.18 Å². The summed E-state index contributed by atoms with van der Waals surface area (Å²) in [6.07, 6.45) is 1.90. The summed E-state index contributed by atoms with van der Waals surface area (Å²) in [7, 11) is -3.55. The van der Waals surface area contributed by atoms with Crippen molar-refractivity contribution < 1.29 is 17.4 Å². The van der Waals surface area contributed by atoms with Gasteiger partial charge in [0.25, 0.3) is 0 Å². The standard InChI is InChI=1S/C21H28N2O4S/c1-17(2)13-14-23(21(24)22-15-18-7-5-4-6-8-18)16-19-9-11-20(12-10-19)27-28(3,25)26/h4-12,17H,13-16H2,1-3H3,(H,22,24). The number of rotatable bonds is 9. The number of carbonyl (C=O) groups is 1. The Kier molecular flexibility index (Phi) is 7.87. The van der Waals surface area contributed by atoms with Crippen molar-refractivity contribution in [3.05, 3.63) is 65.7 Å². The van der Waals surface area contributed by atoms with Crippen molar-refractivity contribution in [3.63, 3.8) is 0 Å². The molecule has 0 saturated carbocycles. The largest absolute Gasteiger partial charge is 0.383 e. The van der Waals surface area contributed by atoms with E-state index in [-0.39, 0.29) is 11.8 Å². The molecule has 0 spiro atoms. The summed E-state index contributed by atoms with van der Waals surface area (Å²) < 4.78 is 27.3. The molecule has 2 rings (SSSR count). The molecule has 2 amide bonds. The van der Waals surface area contributed by atoms with Gasteiger partial charge in [-0.25, -0.2) is 4.79 Å². The molecule has 0 saturated heterocycles. The Morgan fingerprint density at radius 2 is 1.68 bits per heavy atom. The fourth-order valence-corrected chi connectivity index (χ4v) is 3.06. The van der Waals surface area contributed by atoms with Crippen molar-refractivity contribution in [2.45, 2.75) is 33.4 Å². The Hall–Kier alpha value is -2.54. The van der Waals surface area contributed by atoms with Gasteiger partial charge in [-0.3, -0.25) is 0 Å². The molecule has 0 radical (unpaired) electrons. The summed E-state index contributed by atoms with van der Waals surface area (Å²) in [6.45, 7) is 5.79. The van der Waals surface area contributed by atoms with Crippen molar-refractivity contribution >= 4 is 16.1 Å². The topological polar surface area (TPSA) is 75.7 Å². The van der Waals surface area contributed by atoms with Crippen molar-refractivity contribution in [2.24, 2.45) is 5.92 Å². The smallest absolute Gasteiger partial charge is 0.317 e. The minimum atomic E-state index is -3.55. The van der Waals surface area contributed by atoms with Gasteiger partial charge in [-0.1, -0.05) is 56.3 Å². The Bertz CT molecular complexity index is 850. The zero-order valence-electron chi connectivity index (χ0n) is 16.6. The van der Waals surface area contributed by atoms with Crippen molar-refractivity contribution in [1.82, 2.24) is 10.2 Å². The normalized spacial score (nSPS) is 11.3. The van der Waals surface area contributed by atoms with Crippen LogP contribution in [-0.2, 0) is 23.2 Å². The summed E-state index contributed by atoms with van der Waals surface area (Å²) in [5.41, 5.74) is 1.95. The van der Waals surface area contributed by atoms with E-state index in [1.807, 2.05) is 30.3 Å². The molecule has 6 nitrogen and oxygen atoms in total. The molecule has 2 aromatic rings. The van der Waals surface area contributed by atoms with Gasteiger partial charge in [0, 0.05) is 19.6 Å². The van der Waals surface area contributed by atoms with Crippen LogP contribution in [0.25, 0.3) is 0 Å². The molecule has 2 aromatic carbocycles. The van der Waals surface area contributed by atoms with Crippen LogP contribution in [0, 0.1) is 5.92 Å². The summed E-state index contributed by atoms with van der Waals surface area (Å²) in [6, 6.07) is 16.4. The van der Waals surface area contributed by atoms with E-state index in [0.29, 0.717) is 25.6 Å². The van der Waals surface area contributed by atoms with Gasteiger partial charge in [-0.15, -0.1) is 0 Å². The first kappa shape index (κ1) is 21.8. The number of benzene rings is 2. The zero-order chi connectivity index (χ0) is 20.6. The summed E-state index contributed by atoms with van der Waals surface area (Å²) in [4.78, 5) is 14.5. The molecule has 0 aliphatic rings. The third kappa shape index (κ3) is 8.00. The van der Waals surface area contributed by atoms with Crippen LogP contribution in [0.2, 0.25) is 0 Å². The second-order valence-corrected chi connectivity index (χ2v) is 8.75. The summed E-state index contributed by atoms with van der Waals surface area (Å²) in [5.74, 6) is 0.739. The van der Waals surface area contributed by atoms with E-state index in [2.05, 4.69) is 19.2 Å². The van der Waals surface area contributed by atoms with Crippen molar-refractivity contribution in [3.8, 4) is 5.75 Å². The van der Waals surface area contributed by atoms with Gasteiger partial charge >= 0.3 is 16.1 Å². The number of hydrogen-bond donors (Lipinski definition) is 1. The van der Waals surface area contributed by atoms with Gasteiger partial charge in [0.15, 0.2) is 0 Å². The number of hydrogen-bond acceptors (Lipinski definition) is 4. The highest BCUT2D eigenvalue weighted by atomic mass is 32.2. The molecule has 0 aliphatic carbocycles. The Morgan fingerprint density at radius 3 is 2.25 bits per heavy atom. The maximum atomic E-state index is 12.7. The lowest BCUT2D eigenvalue weighted by Gasteiger charge is -2.24. The number of nitrogens with one attached hydrogen (secondary N) is 1. The van der Waals surface area contributed by atoms with E-state index in [9.17, 15) is 13.2 Å². The molecule has 28 heavy (non-hydrogen) atoms. The fraction of sp³-hybridized carbons (Fsp3) is 0.381. The lowest BCUT2D eigenvalue weighted by molar-refractivity contribution is 0.191. The van der Waals surface area contributed by atoms with Crippen LogP contribution in [0.5, 0.6) is 5.75 Å². The van der Waals surface area contributed by atoms with Crippen LogP contribution in [0.1, 0.15) is 31.4 Å². The van der Waals surface area contributed by atoms with Crippen LogP contribution in [-0.4, -0.2) is 32.1 Å². The lowest BCUT2D eigenvalue weighted by Crippen LogP contribution is -2.40. The highest BCUT2D eigenvalue weighted by Crippen LogP contribution is 2.16. The molecule has 0 aliphatic heterocycles.